The quantitative estimate of drug-likeness (QED) is 0.422. The van der Waals surface area contributed by atoms with Crippen molar-refractivity contribution in [3.63, 3.8) is 0 Å². The summed E-state index contributed by atoms with van der Waals surface area (Å²) in [5.74, 6) is 0.960. The lowest BCUT2D eigenvalue weighted by molar-refractivity contribution is 0.415. The van der Waals surface area contributed by atoms with Gasteiger partial charge in [-0.15, -0.1) is 0 Å². The Morgan fingerprint density at radius 2 is 1.94 bits per heavy atom. The fourth-order valence-corrected chi connectivity index (χ4v) is 3.63. The van der Waals surface area contributed by atoms with Gasteiger partial charge in [0.05, 0.1) is 18.5 Å². The Kier molecular flexibility index (Phi) is 4.82. The number of aryl methyl sites for hydroxylation is 2. The number of ether oxygens (including phenoxy) is 1. The van der Waals surface area contributed by atoms with Crippen molar-refractivity contribution in [2.75, 3.05) is 12.4 Å². The first-order valence-corrected chi connectivity index (χ1v) is 10.1. The maximum absolute atomic E-state index is 14.7. The standard InChI is InChI=1S/C24H21FN6O/c1-15-6-8-18(32-3)12-19(15)22-13-30-10-4-5-21(24(30)28-22)27-17-7-9-23(20(25)11-17)31-14-26-16(2)29-31/h4-14,27H,1-3H3. The Balaban J connectivity index is 1.50. The van der Waals surface area contributed by atoms with E-state index in [4.69, 9.17) is 9.72 Å². The third-order valence-corrected chi connectivity index (χ3v) is 5.28. The monoisotopic (exact) mass is 428 g/mol. The van der Waals surface area contributed by atoms with Gasteiger partial charge in [-0.2, -0.15) is 5.10 Å². The van der Waals surface area contributed by atoms with Crippen LogP contribution in [0.2, 0.25) is 0 Å². The largest absolute Gasteiger partial charge is 0.497 e. The van der Waals surface area contributed by atoms with Gasteiger partial charge in [0, 0.05) is 23.6 Å². The molecule has 0 aliphatic heterocycles. The van der Waals surface area contributed by atoms with Gasteiger partial charge in [-0.05, 0) is 61.9 Å². The number of nitrogens with one attached hydrogen (secondary N) is 1. The predicted molar refractivity (Wildman–Crippen MR) is 121 cm³/mol. The van der Waals surface area contributed by atoms with E-state index in [0.717, 1.165) is 33.9 Å². The molecule has 0 atom stereocenters. The number of halogens is 1. The van der Waals surface area contributed by atoms with E-state index >= 15 is 0 Å². The molecular formula is C24H21FN6O. The summed E-state index contributed by atoms with van der Waals surface area (Å²) in [6.07, 6.45) is 5.40. The van der Waals surface area contributed by atoms with Crippen molar-refractivity contribution in [1.82, 2.24) is 24.1 Å². The average molecular weight is 428 g/mol. The first-order chi connectivity index (χ1) is 15.5. The number of pyridine rings is 1. The van der Waals surface area contributed by atoms with Gasteiger partial charge in [0.2, 0.25) is 0 Å². The molecule has 0 aliphatic rings. The Hall–Kier alpha value is -4.20. The maximum atomic E-state index is 14.7. The fourth-order valence-electron chi connectivity index (χ4n) is 3.63. The summed E-state index contributed by atoms with van der Waals surface area (Å²) in [6.45, 7) is 3.80. The summed E-state index contributed by atoms with van der Waals surface area (Å²) in [6, 6.07) is 14.7. The van der Waals surface area contributed by atoms with Crippen molar-refractivity contribution in [3.8, 4) is 22.7 Å². The number of methoxy groups -OCH3 is 1. The summed E-state index contributed by atoms with van der Waals surface area (Å²) in [7, 11) is 1.65. The highest BCUT2D eigenvalue weighted by molar-refractivity contribution is 5.77. The van der Waals surface area contributed by atoms with E-state index in [1.54, 1.807) is 26.2 Å². The molecule has 0 radical (unpaired) electrons. The number of anilines is 2. The molecule has 0 aliphatic carbocycles. The zero-order valence-electron chi connectivity index (χ0n) is 17.9. The van der Waals surface area contributed by atoms with Crippen LogP contribution in [0.15, 0.2) is 67.3 Å². The fraction of sp³-hybridized carbons (Fsp3) is 0.125. The van der Waals surface area contributed by atoms with Gasteiger partial charge in [-0.25, -0.2) is 19.0 Å². The first-order valence-electron chi connectivity index (χ1n) is 10.1. The van der Waals surface area contributed by atoms with Crippen LogP contribution in [-0.4, -0.2) is 31.3 Å². The highest BCUT2D eigenvalue weighted by Crippen LogP contribution is 2.30. The average Bonchev–Trinajstić information content (AvgIpc) is 3.41. The topological polar surface area (TPSA) is 69.3 Å². The first kappa shape index (κ1) is 19.7. The second kappa shape index (κ2) is 7.81. The second-order valence-corrected chi connectivity index (χ2v) is 7.49. The minimum Gasteiger partial charge on any atom is -0.497 e. The van der Waals surface area contributed by atoms with Crippen molar-refractivity contribution in [3.05, 3.63) is 84.5 Å². The Morgan fingerprint density at radius 1 is 1.06 bits per heavy atom. The van der Waals surface area contributed by atoms with E-state index in [9.17, 15) is 4.39 Å². The number of rotatable bonds is 5. The SMILES string of the molecule is COc1ccc(C)c(-c2cn3cccc(Nc4ccc(-n5cnc(C)n5)c(F)c4)c3n2)c1. The predicted octanol–water partition coefficient (Wildman–Crippen LogP) is 5.09. The van der Waals surface area contributed by atoms with E-state index < -0.39 is 5.82 Å². The third kappa shape index (κ3) is 3.56. The molecule has 2 aromatic carbocycles. The van der Waals surface area contributed by atoms with Crippen LogP contribution >= 0.6 is 0 Å². The number of nitrogens with zero attached hydrogens (tertiary/aromatic N) is 5. The number of hydrogen-bond donors (Lipinski definition) is 1. The van der Waals surface area contributed by atoms with Crippen molar-refractivity contribution in [1.29, 1.82) is 0 Å². The Bertz CT molecular complexity index is 1440. The second-order valence-electron chi connectivity index (χ2n) is 7.49. The van der Waals surface area contributed by atoms with Gasteiger partial charge in [0.15, 0.2) is 11.5 Å². The zero-order chi connectivity index (χ0) is 22.2. The van der Waals surface area contributed by atoms with Gasteiger partial charge in [0.25, 0.3) is 0 Å². The number of imidazole rings is 1. The molecular weight excluding hydrogens is 407 g/mol. The third-order valence-electron chi connectivity index (χ3n) is 5.28. The van der Waals surface area contributed by atoms with Crippen LogP contribution in [0.4, 0.5) is 15.8 Å². The van der Waals surface area contributed by atoms with Gasteiger partial charge >= 0.3 is 0 Å². The summed E-state index contributed by atoms with van der Waals surface area (Å²) in [4.78, 5) is 8.89. The van der Waals surface area contributed by atoms with Gasteiger partial charge in [0.1, 0.15) is 23.6 Å². The summed E-state index contributed by atoms with van der Waals surface area (Å²) >= 11 is 0. The minimum absolute atomic E-state index is 0.339. The van der Waals surface area contributed by atoms with Crippen LogP contribution in [0.3, 0.4) is 0 Å². The normalized spacial score (nSPS) is 11.1. The lowest BCUT2D eigenvalue weighted by atomic mass is 10.1. The smallest absolute Gasteiger partial charge is 0.161 e. The van der Waals surface area contributed by atoms with Gasteiger partial charge in [-0.1, -0.05) is 6.07 Å². The molecule has 0 amide bonds. The van der Waals surface area contributed by atoms with E-state index in [1.165, 1.54) is 17.1 Å². The molecule has 1 N–H and O–H groups in total. The molecule has 5 rings (SSSR count). The minimum atomic E-state index is -0.400. The van der Waals surface area contributed by atoms with E-state index in [0.29, 0.717) is 17.2 Å². The molecule has 3 aromatic heterocycles. The molecule has 0 saturated carbocycles. The molecule has 0 saturated heterocycles. The van der Waals surface area contributed by atoms with Gasteiger partial charge < -0.3 is 14.5 Å². The Labute approximate surface area is 184 Å². The van der Waals surface area contributed by atoms with E-state index in [-0.39, 0.29) is 0 Å². The molecule has 8 heteroatoms. The van der Waals surface area contributed by atoms with Crippen molar-refractivity contribution < 1.29 is 9.13 Å². The lowest BCUT2D eigenvalue weighted by Crippen LogP contribution is -2.00. The number of fused-ring (bicyclic) bond motifs is 1. The molecule has 160 valence electrons. The van der Waals surface area contributed by atoms with Crippen molar-refractivity contribution >= 4 is 17.0 Å². The van der Waals surface area contributed by atoms with Gasteiger partial charge in [-0.3, -0.25) is 0 Å². The van der Waals surface area contributed by atoms with Crippen LogP contribution in [0, 0.1) is 19.7 Å². The van der Waals surface area contributed by atoms with Crippen molar-refractivity contribution in [2.45, 2.75) is 13.8 Å². The number of benzene rings is 2. The summed E-state index contributed by atoms with van der Waals surface area (Å²) in [5, 5.41) is 7.45. The molecule has 0 unspecified atom stereocenters. The van der Waals surface area contributed by atoms with Crippen molar-refractivity contribution in [2.24, 2.45) is 0 Å². The van der Waals surface area contributed by atoms with Crippen LogP contribution in [0.5, 0.6) is 5.75 Å². The molecule has 5 aromatic rings. The number of aromatic nitrogens is 5. The molecule has 7 nitrogen and oxygen atoms in total. The molecule has 0 bridgehead atoms. The van der Waals surface area contributed by atoms with Crippen LogP contribution < -0.4 is 10.1 Å². The van der Waals surface area contributed by atoms with Crippen LogP contribution in [0.25, 0.3) is 22.6 Å². The summed E-state index contributed by atoms with van der Waals surface area (Å²) < 4.78 is 23.5. The van der Waals surface area contributed by atoms with Crippen LogP contribution in [0.1, 0.15) is 11.4 Å². The molecule has 0 fully saturated rings. The number of hydrogen-bond acceptors (Lipinski definition) is 5. The highest BCUT2D eigenvalue weighted by atomic mass is 19.1. The van der Waals surface area contributed by atoms with E-state index in [2.05, 4.69) is 15.4 Å². The highest BCUT2D eigenvalue weighted by Gasteiger charge is 2.13. The van der Waals surface area contributed by atoms with Crippen LogP contribution in [-0.2, 0) is 0 Å². The Morgan fingerprint density at radius 3 is 2.69 bits per heavy atom. The molecule has 3 heterocycles. The zero-order valence-corrected chi connectivity index (χ0v) is 17.9. The van der Waals surface area contributed by atoms with E-state index in [1.807, 2.05) is 54.0 Å². The molecule has 0 spiro atoms. The maximum Gasteiger partial charge on any atom is 0.161 e. The molecule has 32 heavy (non-hydrogen) atoms. The lowest BCUT2D eigenvalue weighted by Gasteiger charge is -2.09. The summed E-state index contributed by atoms with van der Waals surface area (Å²) in [5.41, 5.74) is 5.38.